The number of rotatable bonds is 4. The molecule has 1 aliphatic heterocycles. The summed E-state index contributed by atoms with van der Waals surface area (Å²) >= 11 is 0. The summed E-state index contributed by atoms with van der Waals surface area (Å²) in [6.45, 7) is 6.12. The van der Waals surface area contributed by atoms with Crippen LogP contribution in [0.5, 0.6) is 11.5 Å². The fourth-order valence-corrected chi connectivity index (χ4v) is 2.72. The Morgan fingerprint density at radius 2 is 1.72 bits per heavy atom. The van der Waals surface area contributed by atoms with Gasteiger partial charge in [-0.05, 0) is 56.7 Å². The van der Waals surface area contributed by atoms with Gasteiger partial charge < -0.3 is 19.5 Å². The van der Waals surface area contributed by atoms with E-state index in [1.54, 1.807) is 39.0 Å². The molecule has 1 aliphatic rings. The van der Waals surface area contributed by atoms with Crippen LogP contribution in [0.3, 0.4) is 0 Å². The highest BCUT2D eigenvalue weighted by Gasteiger charge is 2.19. The highest BCUT2D eigenvalue weighted by molar-refractivity contribution is 5.98. The van der Waals surface area contributed by atoms with Crippen LogP contribution >= 0.6 is 0 Å². The van der Waals surface area contributed by atoms with Gasteiger partial charge in [0.1, 0.15) is 24.6 Å². The number of nitrogens with one attached hydrogen (secondary N) is 2. The summed E-state index contributed by atoms with van der Waals surface area (Å²) < 4.78 is 29.9. The van der Waals surface area contributed by atoms with E-state index in [9.17, 15) is 14.0 Å². The van der Waals surface area contributed by atoms with E-state index in [0.29, 0.717) is 30.3 Å². The van der Waals surface area contributed by atoms with Gasteiger partial charge in [0.2, 0.25) is 5.91 Å². The third-order valence-electron chi connectivity index (χ3n) is 3.86. The van der Waals surface area contributed by atoms with Crippen LogP contribution in [0, 0.1) is 5.82 Å². The molecule has 29 heavy (non-hydrogen) atoms. The molecule has 0 saturated carbocycles. The Hall–Kier alpha value is -3.29. The van der Waals surface area contributed by atoms with Crippen molar-refractivity contribution >= 4 is 23.4 Å². The van der Waals surface area contributed by atoms with Crippen molar-refractivity contribution in [1.29, 1.82) is 0 Å². The fourth-order valence-electron chi connectivity index (χ4n) is 2.72. The SMILES string of the molecule is CC(C)(C)OC(=O)Nc1ccc(F)cc1NC(=O)Cc1ccc2c(c1)OCCO2. The molecule has 0 unspecified atom stereocenters. The molecule has 0 aromatic heterocycles. The molecule has 2 aromatic rings. The van der Waals surface area contributed by atoms with Crippen LogP contribution in [0.2, 0.25) is 0 Å². The smallest absolute Gasteiger partial charge is 0.412 e. The maximum Gasteiger partial charge on any atom is 0.412 e. The van der Waals surface area contributed by atoms with Crippen LogP contribution in [0.4, 0.5) is 20.6 Å². The molecule has 7 nitrogen and oxygen atoms in total. The van der Waals surface area contributed by atoms with Crippen LogP contribution in [0.1, 0.15) is 26.3 Å². The van der Waals surface area contributed by atoms with Crippen molar-refractivity contribution in [2.45, 2.75) is 32.8 Å². The van der Waals surface area contributed by atoms with Gasteiger partial charge in [-0.25, -0.2) is 9.18 Å². The second-order valence-electron chi connectivity index (χ2n) is 7.52. The summed E-state index contributed by atoms with van der Waals surface area (Å²) in [5.74, 6) is 0.294. The highest BCUT2D eigenvalue weighted by atomic mass is 19.1. The number of amides is 2. The van der Waals surface area contributed by atoms with E-state index in [1.807, 2.05) is 0 Å². The lowest BCUT2D eigenvalue weighted by molar-refractivity contribution is -0.115. The second-order valence-corrected chi connectivity index (χ2v) is 7.52. The van der Waals surface area contributed by atoms with Crippen LogP contribution in [0.25, 0.3) is 0 Å². The van der Waals surface area contributed by atoms with E-state index >= 15 is 0 Å². The minimum absolute atomic E-state index is 0.0407. The number of ether oxygens (including phenoxy) is 3. The zero-order valence-corrected chi connectivity index (χ0v) is 16.5. The average molecular weight is 402 g/mol. The van der Waals surface area contributed by atoms with Crippen LogP contribution in [0.15, 0.2) is 36.4 Å². The summed E-state index contributed by atoms with van der Waals surface area (Å²) in [6.07, 6.45) is -0.662. The van der Waals surface area contributed by atoms with Crippen molar-refractivity contribution in [1.82, 2.24) is 0 Å². The fraction of sp³-hybridized carbons (Fsp3) is 0.333. The molecular formula is C21H23FN2O5. The van der Waals surface area contributed by atoms with E-state index in [-0.39, 0.29) is 23.7 Å². The topological polar surface area (TPSA) is 85.9 Å². The number of hydrogen-bond acceptors (Lipinski definition) is 5. The minimum atomic E-state index is -0.702. The number of anilines is 2. The summed E-state index contributed by atoms with van der Waals surface area (Å²) in [5.41, 5.74) is 0.394. The van der Waals surface area contributed by atoms with Gasteiger partial charge in [0, 0.05) is 0 Å². The predicted molar refractivity (Wildman–Crippen MR) is 106 cm³/mol. The Labute approximate surface area is 168 Å². The van der Waals surface area contributed by atoms with Gasteiger partial charge in [-0.3, -0.25) is 10.1 Å². The van der Waals surface area contributed by atoms with Gasteiger partial charge in [0.05, 0.1) is 17.8 Å². The van der Waals surface area contributed by atoms with Gasteiger partial charge in [-0.1, -0.05) is 6.07 Å². The third-order valence-corrected chi connectivity index (χ3v) is 3.86. The van der Waals surface area contributed by atoms with E-state index in [4.69, 9.17) is 14.2 Å². The Morgan fingerprint density at radius 1 is 1.00 bits per heavy atom. The molecule has 0 radical (unpaired) electrons. The number of benzene rings is 2. The van der Waals surface area contributed by atoms with E-state index in [2.05, 4.69) is 10.6 Å². The first-order valence-electron chi connectivity index (χ1n) is 9.17. The van der Waals surface area contributed by atoms with E-state index in [1.165, 1.54) is 12.1 Å². The minimum Gasteiger partial charge on any atom is -0.486 e. The lowest BCUT2D eigenvalue weighted by Gasteiger charge is -2.20. The van der Waals surface area contributed by atoms with Crippen molar-refractivity contribution in [3.8, 4) is 11.5 Å². The summed E-state index contributed by atoms with van der Waals surface area (Å²) in [7, 11) is 0. The van der Waals surface area contributed by atoms with Crippen LogP contribution < -0.4 is 20.1 Å². The maximum absolute atomic E-state index is 13.7. The third kappa shape index (κ3) is 5.84. The number of carbonyl (C=O) groups is 2. The number of fused-ring (bicyclic) bond motifs is 1. The molecular weight excluding hydrogens is 379 g/mol. The number of carbonyl (C=O) groups excluding carboxylic acids is 2. The lowest BCUT2D eigenvalue weighted by Crippen LogP contribution is -2.27. The Morgan fingerprint density at radius 3 is 2.45 bits per heavy atom. The predicted octanol–water partition coefficient (Wildman–Crippen LogP) is 4.13. The Balaban J connectivity index is 1.69. The van der Waals surface area contributed by atoms with Gasteiger partial charge in [0.25, 0.3) is 0 Å². The Kier molecular flexibility index (Phi) is 5.91. The molecule has 0 bridgehead atoms. The van der Waals surface area contributed by atoms with Gasteiger partial charge in [-0.2, -0.15) is 0 Å². The van der Waals surface area contributed by atoms with E-state index < -0.39 is 17.5 Å². The lowest BCUT2D eigenvalue weighted by atomic mass is 10.1. The molecule has 2 aromatic carbocycles. The first kappa shape index (κ1) is 20.4. The van der Waals surface area contributed by atoms with Crippen molar-refractivity contribution in [2.75, 3.05) is 23.8 Å². The highest BCUT2D eigenvalue weighted by Crippen LogP contribution is 2.31. The number of hydrogen-bond donors (Lipinski definition) is 2. The number of halogens is 1. The Bertz CT molecular complexity index is 924. The molecule has 0 aliphatic carbocycles. The standard InChI is InChI=1S/C21H23FN2O5/c1-21(2,3)29-20(26)24-15-6-5-14(22)12-16(15)23-19(25)11-13-4-7-17-18(10-13)28-9-8-27-17/h4-7,10,12H,8-9,11H2,1-3H3,(H,23,25)(H,24,26). The molecule has 0 fully saturated rings. The van der Waals surface area contributed by atoms with Crippen LogP contribution in [-0.4, -0.2) is 30.8 Å². The van der Waals surface area contributed by atoms with Crippen molar-refractivity contribution in [3.05, 3.63) is 47.8 Å². The molecule has 8 heteroatoms. The van der Waals surface area contributed by atoms with Crippen molar-refractivity contribution in [2.24, 2.45) is 0 Å². The first-order valence-corrected chi connectivity index (χ1v) is 9.17. The van der Waals surface area contributed by atoms with Crippen molar-refractivity contribution < 1.29 is 28.2 Å². The quantitative estimate of drug-likeness (QED) is 0.803. The molecule has 1 heterocycles. The van der Waals surface area contributed by atoms with Crippen molar-refractivity contribution in [3.63, 3.8) is 0 Å². The average Bonchev–Trinajstić information content (AvgIpc) is 2.62. The molecule has 0 spiro atoms. The van der Waals surface area contributed by atoms with Gasteiger partial charge in [0.15, 0.2) is 11.5 Å². The zero-order valence-electron chi connectivity index (χ0n) is 16.5. The molecule has 2 amide bonds. The summed E-state index contributed by atoms with van der Waals surface area (Å²) in [5, 5.41) is 5.15. The maximum atomic E-state index is 13.7. The van der Waals surface area contributed by atoms with Crippen LogP contribution in [-0.2, 0) is 16.0 Å². The van der Waals surface area contributed by atoms with Gasteiger partial charge >= 0.3 is 6.09 Å². The summed E-state index contributed by atoms with van der Waals surface area (Å²) in [4.78, 5) is 24.5. The van der Waals surface area contributed by atoms with E-state index in [0.717, 1.165) is 6.07 Å². The molecule has 2 N–H and O–H groups in total. The molecule has 3 rings (SSSR count). The molecule has 154 valence electrons. The summed E-state index contributed by atoms with van der Waals surface area (Å²) in [6, 6.07) is 8.92. The largest absolute Gasteiger partial charge is 0.486 e. The monoisotopic (exact) mass is 402 g/mol. The first-order chi connectivity index (χ1) is 13.7. The second kappa shape index (κ2) is 8.38. The normalized spacial score (nSPS) is 12.8. The molecule has 0 atom stereocenters. The zero-order chi connectivity index (χ0) is 21.0. The molecule has 0 saturated heterocycles. The van der Waals surface area contributed by atoms with Gasteiger partial charge in [-0.15, -0.1) is 0 Å².